The smallest absolute Gasteiger partial charge is 0.319 e. The molecule has 2 fully saturated rings. The van der Waals surface area contributed by atoms with Crippen molar-refractivity contribution in [2.75, 3.05) is 40.3 Å². The number of piperidine rings is 1. The Kier molecular flexibility index (Phi) is 4.76. The summed E-state index contributed by atoms with van der Waals surface area (Å²) >= 11 is 0. The van der Waals surface area contributed by atoms with Gasteiger partial charge in [0.2, 0.25) is 5.91 Å². The van der Waals surface area contributed by atoms with Crippen molar-refractivity contribution in [3.63, 3.8) is 0 Å². The molecule has 2 rings (SSSR count). The molecular weight excluding hydrogens is 270 g/mol. The van der Waals surface area contributed by atoms with Gasteiger partial charge in [-0.2, -0.15) is 0 Å². The first kappa shape index (κ1) is 16.1. The first-order chi connectivity index (χ1) is 9.86. The largest absolute Gasteiger partial charge is 0.386 e. The second kappa shape index (κ2) is 6.22. The van der Waals surface area contributed by atoms with E-state index in [0.29, 0.717) is 26.2 Å². The maximum Gasteiger partial charge on any atom is 0.319 e. The zero-order valence-electron chi connectivity index (χ0n) is 13.3. The first-order valence-corrected chi connectivity index (χ1v) is 7.83. The van der Waals surface area contributed by atoms with Crippen LogP contribution in [0.25, 0.3) is 0 Å². The van der Waals surface area contributed by atoms with Crippen molar-refractivity contribution in [2.45, 2.75) is 38.2 Å². The van der Waals surface area contributed by atoms with Gasteiger partial charge in [-0.15, -0.1) is 0 Å². The minimum atomic E-state index is -0.661. The van der Waals surface area contributed by atoms with Crippen LogP contribution < -0.4 is 0 Å². The Hall–Kier alpha value is -1.30. The van der Waals surface area contributed by atoms with Gasteiger partial charge in [0.25, 0.3) is 0 Å². The van der Waals surface area contributed by atoms with Crippen LogP contribution in [0.3, 0.4) is 0 Å². The predicted molar refractivity (Wildman–Crippen MR) is 79.8 cm³/mol. The molecule has 2 saturated heterocycles. The average molecular weight is 297 g/mol. The van der Waals surface area contributed by atoms with Crippen molar-refractivity contribution in [3.05, 3.63) is 0 Å². The van der Waals surface area contributed by atoms with Crippen LogP contribution in [0.4, 0.5) is 4.79 Å². The first-order valence-electron chi connectivity index (χ1n) is 7.83. The number of β-amino-alcohol motifs (C(OH)–C–C–N with tert-alkyl or cyclic N) is 1. The number of urea groups is 1. The molecule has 0 bridgehead atoms. The number of carbonyl (C=O) groups excluding carboxylic acids is 2. The van der Waals surface area contributed by atoms with Crippen molar-refractivity contribution < 1.29 is 14.7 Å². The highest BCUT2D eigenvalue weighted by molar-refractivity contribution is 5.80. The van der Waals surface area contributed by atoms with Gasteiger partial charge in [0.05, 0.1) is 18.7 Å². The number of nitrogens with zero attached hydrogens (tertiary/aromatic N) is 3. The lowest BCUT2D eigenvalue weighted by Gasteiger charge is -2.48. The fourth-order valence-corrected chi connectivity index (χ4v) is 3.30. The fraction of sp³-hybridized carbons (Fsp3) is 0.867. The lowest BCUT2D eigenvalue weighted by molar-refractivity contribution is -0.161. The third-order valence-electron chi connectivity index (χ3n) is 4.49. The minimum absolute atomic E-state index is 0.00221. The van der Waals surface area contributed by atoms with E-state index in [0.717, 1.165) is 25.7 Å². The highest BCUT2D eigenvalue weighted by atomic mass is 16.3. The molecule has 0 atom stereocenters. The molecule has 0 radical (unpaired) electrons. The van der Waals surface area contributed by atoms with Crippen molar-refractivity contribution >= 4 is 11.9 Å². The Morgan fingerprint density at radius 2 is 1.76 bits per heavy atom. The van der Waals surface area contributed by atoms with E-state index < -0.39 is 5.60 Å². The van der Waals surface area contributed by atoms with Crippen molar-refractivity contribution in [1.82, 2.24) is 14.7 Å². The van der Waals surface area contributed by atoms with Gasteiger partial charge in [0.15, 0.2) is 0 Å². The van der Waals surface area contributed by atoms with Gasteiger partial charge < -0.3 is 19.8 Å². The van der Waals surface area contributed by atoms with Crippen LogP contribution in [-0.4, -0.2) is 77.6 Å². The van der Waals surface area contributed by atoms with Crippen LogP contribution in [0.15, 0.2) is 0 Å². The maximum atomic E-state index is 12.4. The number of aliphatic hydroxyl groups is 1. The summed E-state index contributed by atoms with van der Waals surface area (Å²) in [4.78, 5) is 29.4. The number of rotatable bonds is 3. The van der Waals surface area contributed by atoms with Crippen molar-refractivity contribution in [1.29, 1.82) is 0 Å². The van der Waals surface area contributed by atoms with E-state index in [2.05, 4.69) is 0 Å². The quantitative estimate of drug-likeness (QED) is 0.836. The minimum Gasteiger partial charge on any atom is -0.386 e. The van der Waals surface area contributed by atoms with Crippen LogP contribution in [0, 0.1) is 5.92 Å². The molecule has 0 spiro atoms. The second-order valence-electron chi connectivity index (χ2n) is 6.61. The van der Waals surface area contributed by atoms with E-state index in [1.807, 2.05) is 6.92 Å². The van der Waals surface area contributed by atoms with Crippen LogP contribution in [-0.2, 0) is 4.79 Å². The Bertz CT molecular complexity index is 397. The third-order valence-corrected chi connectivity index (χ3v) is 4.49. The zero-order valence-corrected chi connectivity index (χ0v) is 13.3. The van der Waals surface area contributed by atoms with Crippen molar-refractivity contribution in [3.8, 4) is 0 Å². The molecular formula is C15H27N3O3. The van der Waals surface area contributed by atoms with Gasteiger partial charge in [-0.3, -0.25) is 4.79 Å². The molecule has 0 aromatic carbocycles. The predicted octanol–water partition coefficient (Wildman–Crippen LogP) is 0.753. The Balaban J connectivity index is 1.78. The van der Waals surface area contributed by atoms with E-state index in [1.165, 1.54) is 0 Å². The number of carbonyl (C=O) groups is 2. The van der Waals surface area contributed by atoms with Crippen LogP contribution in [0.5, 0.6) is 0 Å². The zero-order chi connectivity index (χ0) is 15.6. The second-order valence-corrected chi connectivity index (χ2v) is 6.61. The maximum absolute atomic E-state index is 12.4. The fourth-order valence-electron chi connectivity index (χ4n) is 3.30. The molecule has 0 unspecified atom stereocenters. The van der Waals surface area contributed by atoms with Crippen LogP contribution in [0.2, 0.25) is 0 Å². The molecule has 6 heteroatoms. The molecule has 2 aliphatic rings. The lowest BCUT2D eigenvalue weighted by atomic mass is 9.86. The lowest BCUT2D eigenvalue weighted by Crippen LogP contribution is -2.64. The molecule has 3 amide bonds. The SMILES string of the molecule is CCCC1(O)CN(C(=O)C2CCN(C(=O)N(C)C)CC2)C1. The summed E-state index contributed by atoms with van der Waals surface area (Å²) in [6.07, 6.45) is 3.14. The molecule has 6 nitrogen and oxygen atoms in total. The summed E-state index contributed by atoms with van der Waals surface area (Å²) in [5.74, 6) is 0.148. The van der Waals surface area contributed by atoms with E-state index >= 15 is 0 Å². The third kappa shape index (κ3) is 3.48. The van der Waals surface area contributed by atoms with Crippen LogP contribution >= 0.6 is 0 Å². The number of hydrogen-bond acceptors (Lipinski definition) is 3. The van der Waals surface area contributed by atoms with E-state index in [-0.39, 0.29) is 17.9 Å². The summed E-state index contributed by atoms with van der Waals surface area (Å²) in [6.45, 7) is 4.26. The van der Waals surface area contributed by atoms with E-state index in [4.69, 9.17) is 0 Å². The molecule has 21 heavy (non-hydrogen) atoms. The van der Waals surface area contributed by atoms with E-state index in [1.54, 1.807) is 28.8 Å². The van der Waals surface area contributed by atoms with Crippen molar-refractivity contribution in [2.24, 2.45) is 5.92 Å². The monoisotopic (exact) mass is 297 g/mol. The molecule has 0 aromatic rings. The highest BCUT2D eigenvalue weighted by Crippen LogP contribution is 2.29. The molecule has 0 aromatic heterocycles. The Morgan fingerprint density at radius 3 is 2.24 bits per heavy atom. The Labute approximate surface area is 126 Å². The summed E-state index contributed by atoms with van der Waals surface area (Å²) in [5.41, 5.74) is -0.661. The summed E-state index contributed by atoms with van der Waals surface area (Å²) < 4.78 is 0. The molecule has 1 N–H and O–H groups in total. The van der Waals surface area contributed by atoms with Gasteiger partial charge in [0, 0.05) is 33.1 Å². The summed E-state index contributed by atoms with van der Waals surface area (Å²) in [5, 5.41) is 10.2. The number of hydrogen-bond donors (Lipinski definition) is 1. The van der Waals surface area contributed by atoms with E-state index in [9.17, 15) is 14.7 Å². The molecule has 120 valence electrons. The highest BCUT2D eigenvalue weighted by Gasteiger charge is 2.44. The molecule has 2 heterocycles. The molecule has 0 aliphatic carbocycles. The standard InChI is InChI=1S/C15H27N3O3/c1-4-7-15(21)10-18(11-15)13(19)12-5-8-17(9-6-12)14(20)16(2)3/h12,21H,4-11H2,1-3H3. The molecule has 2 aliphatic heterocycles. The number of likely N-dealkylation sites (tertiary alicyclic amines) is 2. The van der Waals surface area contributed by atoms with Gasteiger partial charge in [-0.25, -0.2) is 4.79 Å². The van der Waals surface area contributed by atoms with Gasteiger partial charge >= 0.3 is 6.03 Å². The Morgan fingerprint density at radius 1 is 1.19 bits per heavy atom. The summed E-state index contributed by atoms with van der Waals surface area (Å²) in [7, 11) is 3.49. The number of amides is 3. The normalized spacial score (nSPS) is 21.9. The van der Waals surface area contributed by atoms with Gasteiger partial charge in [0.1, 0.15) is 0 Å². The van der Waals surface area contributed by atoms with Crippen LogP contribution in [0.1, 0.15) is 32.6 Å². The van der Waals surface area contributed by atoms with Gasteiger partial charge in [-0.05, 0) is 19.3 Å². The summed E-state index contributed by atoms with van der Waals surface area (Å²) in [6, 6.07) is 0.0159. The average Bonchev–Trinajstić information content (AvgIpc) is 2.43. The molecule has 0 saturated carbocycles. The van der Waals surface area contributed by atoms with Gasteiger partial charge in [-0.1, -0.05) is 13.3 Å². The topological polar surface area (TPSA) is 64.1 Å².